The highest BCUT2D eigenvalue weighted by atomic mass is 32.2. The number of likely N-dealkylation sites (tertiary alicyclic amines) is 2. The first kappa shape index (κ1) is 49.4. The minimum absolute atomic E-state index is 0.0583. The molecular formula is C40H65N5O12S2. The minimum atomic E-state index is -4.35. The number of hydrogen-bond donors (Lipinski definition) is 3. The molecule has 2 fully saturated rings. The van der Waals surface area contributed by atoms with Gasteiger partial charge in [0.25, 0.3) is 0 Å². The van der Waals surface area contributed by atoms with Crippen LogP contribution in [0.3, 0.4) is 0 Å². The molecule has 17 nitrogen and oxygen atoms in total. The van der Waals surface area contributed by atoms with Crippen LogP contribution in [0.1, 0.15) is 99.8 Å². The fraction of sp³-hybridized carbons (Fsp3) is 0.725. The number of sulfonamides is 1. The molecule has 3 rings (SSSR count). The van der Waals surface area contributed by atoms with Crippen LogP contribution in [-0.4, -0.2) is 126 Å². The van der Waals surface area contributed by atoms with E-state index in [4.69, 9.17) is 14.2 Å². The van der Waals surface area contributed by atoms with Crippen molar-refractivity contribution in [2.75, 3.05) is 52.1 Å². The van der Waals surface area contributed by atoms with Crippen molar-refractivity contribution in [1.82, 2.24) is 25.2 Å². The van der Waals surface area contributed by atoms with Crippen LogP contribution in [0, 0.1) is 17.8 Å². The quantitative estimate of drug-likeness (QED) is 0.149. The number of benzene rings is 1. The molecule has 0 radical (unpaired) electrons. The third kappa shape index (κ3) is 17.3. The smallest absolute Gasteiger partial charge is 0.410 e. The van der Waals surface area contributed by atoms with E-state index < -0.39 is 68.0 Å². The lowest BCUT2D eigenvalue weighted by atomic mass is 9.84. The Bertz CT molecular complexity index is 1760. The molecule has 1 aromatic rings. The zero-order chi connectivity index (χ0) is 44.2. The summed E-state index contributed by atoms with van der Waals surface area (Å²) in [4.78, 5) is 67.6. The number of rotatable bonds is 17. The SMILES string of the molecule is CCOC(=O)[C@H](CNC(=O)CNC(=O)C(CCC1CCN(C(=O)OC(C)(C)C)CC1)CCC1CCN(C(=O)OC(C)(C)C)CC1)NS(=O)(=O)c1ccc(S(C)(=O)=O)cc1. The van der Waals surface area contributed by atoms with Gasteiger partial charge in [0, 0.05) is 44.9 Å². The molecule has 2 aliphatic heterocycles. The standard InChI is InChI=1S/C40H65N5O12S2/c1-9-55-36(48)33(43-59(53,54)32-16-14-31(15-17-32)58(8,51)52)26-41-34(46)27-42-35(47)30(12-10-28-18-22-44(23-19-28)37(49)56-39(2,3)4)13-11-29-20-24-45(25-21-29)38(50)57-40(5,6)7/h14-17,28-30,33,43H,9-13,18-27H2,1-8H3,(H,41,46)(H,42,47)/t33-/m0/s1. The van der Waals surface area contributed by atoms with Crippen molar-refractivity contribution >= 4 is 49.8 Å². The van der Waals surface area contributed by atoms with Gasteiger partial charge in [-0.25, -0.2) is 26.4 Å². The predicted molar refractivity (Wildman–Crippen MR) is 219 cm³/mol. The number of esters is 1. The van der Waals surface area contributed by atoms with Crippen molar-refractivity contribution in [3.63, 3.8) is 0 Å². The van der Waals surface area contributed by atoms with Crippen molar-refractivity contribution in [1.29, 1.82) is 0 Å². The number of carbonyl (C=O) groups is 5. The van der Waals surface area contributed by atoms with E-state index in [1.54, 1.807) is 9.80 Å². The molecule has 2 saturated heterocycles. The van der Waals surface area contributed by atoms with Gasteiger partial charge in [-0.3, -0.25) is 14.4 Å². The Morgan fingerprint density at radius 1 is 0.729 bits per heavy atom. The summed E-state index contributed by atoms with van der Waals surface area (Å²) in [6.45, 7) is 13.8. The van der Waals surface area contributed by atoms with E-state index in [2.05, 4.69) is 15.4 Å². The normalized spacial score (nSPS) is 16.6. The molecule has 0 bridgehead atoms. The monoisotopic (exact) mass is 871 g/mol. The van der Waals surface area contributed by atoms with Gasteiger partial charge >= 0.3 is 18.2 Å². The molecule has 2 heterocycles. The van der Waals surface area contributed by atoms with Gasteiger partial charge in [0.05, 0.1) is 22.9 Å². The number of nitrogens with zero attached hydrogens (tertiary/aromatic N) is 2. The van der Waals surface area contributed by atoms with Crippen LogP contribution >= 0.6 is 0 Å². The molecule has 0 spiro atoms. The Balaban J connectivity index is 1.60. The molecule has 334 valence electrons. The molecule has 2 aliphatic rings. The molecule has 1 atom stereocenters. The van der Waals surface area contributed by atoms with E-state index >= 15 is 0 Å². The Morgan fingerprint density at radius 2 is 1.17 bits per heavy atom. The van der Waals surface area contributed by atoms with Crippen molar-refractivity contribution in [3.8, 4) is 0 Å². The van der Waals surface area contributed by atoms with Gasteiger partial charge in [0.1, 0.15) is 17.2 Å². The molecule has 1 aromatic carbocycles. The molecule has 0 aromatic heterocycles. The van der Waals surface area contributed by atoms with E-state index in [0.29, 0.717) is 50.9 Å². The summed E-state index contributed by atoms with van der Waals surface area (Å²) in [5.41, 5.74) is -1.18. The topological polar surface area (TPSA) is 224 Å². The number of nitrogens with one attached hydrogen (secondary N) is 3. The molecule has 0 saturated carbocycles. The molecule has 19 heteroatoms. The molecule has 3 N–H and O–H groups in total. The van der Waals surface area contributed by atoms with Crippen molar-refractivity contribution in [3.05, 3.63) is 24.3 Å². The van der Waals surface area contributed by atoms with Crippen molar-refractivity contribution in [2.24, 2.45) is 17.8 Å². The average Bonchev–Trinajstić information content (AvgIpc) is 3.14. The van der Waals surface area contributed by atoms with Crippen LogP contribution in [0.25, 0.3) is 0 Å². The van der Waals surface area contributed by atoms with Gasteiger partial charge in [-0.2, -0.15) is 4.72 Å². The summed E-state index contributed by atoms with van der Waals surface area (Å²) in [6, 6.07) is 2.92. The fourth-order valence-electron chi connectivity index (χ4n) is 6.87. The molecule has 0 unspecified atom stereocenters. The fourth-order valence-corrected chi connectivity index (χ4v) is 8.68. The molecule has 0 aliphatic carbocycles. The Morgan fingerprint density at radius 3 is 1.58 bits per heavy atom. The lowest BCUT2D eigenvalue weighted by molar-refractivity contribution is -0.145. The lowest BCUT2D eigenvalue weighted by Crippen LogP contribution is -2.50. The van der Waals surface area contributed by atoms with Gasteiger partial charge in [0.2, 0.25) is 21.8 Å². The second-order valence-electron chi connectivity index (χ2n) is 17.4. The van der Waals surface area contributed by atoms with Crippen LogP contribution < -0.4 is 15.4 Å². The number of ether oxygens (including phenoxy) is 3. The first-order chi connectivity index (χ1) is 27.4. The highest BCUT2D eigenvalue weighted by Crippen LogP contribution is 2.30. The maximum atomic E-state index is 13.7. The van der Waals surface area contributed by atoms with E-state index in [0.717, 1.165) is 69.0 Å². The summed E-state index contributed by atoms with van der Waals surface area (Å²) >= 11 is 0. The highest BCUT2D eigenvalue weighted by molar-refractivity contribution is 7.90. The Kier molecular flexibility index (Phi) is 18.0. The van der Waals surface area contributed by atoms with Crippen LogP contribution in [-0.2, 0) is 48.5 Å². The van der Waals surface area contributed by atoms with Crippen LogP contribution in [0.2, 0.25) is 0 Å². The summed E-state index contributed by atoms with van der Waals surface area (Å²) in [5.74, 6) is -1.73. The van der Waals surface area contributed by atoms with Crippen molar-refractivity contribution < 1.29 is 55.0 Å². The summed E-state index contributed by atoms with van der Waals surface area (Å²) in [5, 5.41) is 5.22. The minimum Gasteiger partial charge on any atom is -0.465 e. The lowest BCUT2D eigenvalue weighted by Gasteiger charge is -2.34. The molecule has 59 heavy (non-hydrogen) atoms. The van der Waals surface area contributed by atoms with Gasteiger partial charge in [-0.1, -0.05) is 0 Å². The summed E-state index contributed by atoms with van der Waals surface area (Å²) < 4.78 is 68.1. The van der Waals surface area contributed by atoms with Crippen LogP contribution in [0.5, 0.6) is 0 Å². The van der Waals surface area contributed by atoms with Gasteiger partial charge in [0.15, 0.2) is 9.84 Å². The third-order valence-corrected chi connectivity index (χ3v) is 12.7. The first-order valence-electron chi connectivity index (χ1n) is 20.4. The second-order valence-corrected chi connectivity index (χ2v) is 21.1. The highest BCUT2D eigenvalue weighted by Gasteiger charge is 2.32. The average molecular weight is 872 g/mol. The predicted octanol–water partition coefficient (Wildman–Crippen LogP) is 4.00. The summed E-state index contributed by atoms with van der Waals surface area (Å²) in [7, 11) is -7.93. The number of sulfone groups is 1. The van der Waals surface area contributed by atoms with E-state index in [1.807, 2.05) is 41.5 Å². The van der Waals surface area contributed by atoms with E-state index in [1.165, 1.54) is 6.92 Å². The number of amides is 4. The zero-order valence-corrected chi connectivity index (χ0v) is 37.5. The number of piperidine rings is 2. The summed E-state index contributed by atoms with van der Waals surface area (Å²) in [6.07, 6.45) is 6.05. The van der Waals surface area contributed by atoms with Gasteiger partial charge in [-0.05, 0) is 136 Å². The number of carbonyl (C=O) groups excluding carboxylic acids is 5. The number of hydrogen-bond acceptors (Lipinski definition) is 12. The van der Waals surface area contributed by atoms with Crippen LogP contribution in [0.4, 0.5) is 9.59 Å². The van der Waals surface area contributed by atoms with E-state index in [9.17, 15) is 40.8 Å². The maximum Gasteiger partial charge on any atom is 0.410 e. The second kappa shape index (κ2) is 21.5. The largest absolute Gasteiger partial charge is 0.465 e. The zero-order valence-electron chi connectivity index (χ0n) is 35.8. The van der Waals surface area contributed by atoms with Gasteiger partial charge in [-0.15, -0.1) is 0 Å². The van der Waals surface area contributed by atoms with Crippen molar-refractivity contribution in [2.45, 2.75) is 127 Å². The molecular weight excluding hydrogens is 807 g/mol. The Labute approximate surface area is 350 Å². The van der Waals surface area contributed by atoms with Gasteiger partial charge < -0.3 is 34.6 Å². The molecule has 4 amide bonds. The maximum absolute atomic E-state index is 13.7. The van der Waals surface area contributed by atoms with Crippen LogP contribution in [0.15, 0.2) is 34.1 Å². The van der Waals surface area contributed by atoms with E-state index in [-0.39, 0.29) is 34.5 Å². The third-order valence-electron chi connectivity index (χ3n) is 10.1. The Hall–Kier alpha value is -3.97. The first-order valence-corrected chi connectivity index (χ1v) is 23.7.